The molecule has 0 aromatic carbocycles. The van der Waals surface area contributed by atoms with Crippen LogP contribution in [0.4, 0.5) is 0 Å². The van der Waals surface area contributed by atoms with Crippen molar-refractivity contribution in [2.24, 2.45) is 0 Å². The maximum atomic E-state index is 12.9. The third kappa shape index (κ3) is 2.98. The molecule has 25 heavy (non-hydrogen) atoms. The second kappa shape index (κ2) is 6.60. The molecule has 4 heterocycles. The maximum Gasteiger partial charge on any atom is 0.272 e. The Labute approximate surface area is 144 Å². The van der Waals surface area contributed by atoms with Crippen LogP contribution in [-0.4, -0.2) is 61.5 Å². The second-order valence-electron chi connectivity index (χ2n) is 6.08. The average Bonchev–Trinajstić information content (AvgIpc) is 3.16. The molecule has 2 aromatic rings. The number of carbonyl (C=O) groups excluding carboxylic acids is 2. The molecule has 1 saturated heterocycles. The number of nitrogens with zero attached hydrogens (tertiary/aromatic N) is 6. The summed E-state index contributed by atoms with van der Waals surface area (Å²) >= 11 is 0. The van der Waals surface area contributed by atoms with Crippen molar-refractivity contribution in [1.29, 1.82) is 0 Å². The molecule has 130 valence electrons. The smallest absolute Gasteiger partial charge is 0.272 e. The molecule has 0 spiro atoms. The van der Waals surface area contributed by atoms with Crippen LogP contribution in [0.3, 0.4) is 0 Å². The highest BCUT2D eigenvalue weighted by atomic mass is 16.7. The van der Waals surface area contributed by atoms with Crippen LogP contribution in [0, 0.1) is 0 Å². The van der Waals surface area contributed by atoms with E-state index in [1.165, 1.54) is 17.5 Å². The Morgan fingerprint density at radius 2 is 2.08 bits per heavy atom. The van der Waals surface area contributed by atoms with Crippen molar-refractivity contribution >= 4 is 11.8 Å². The average molecular weight is 342 g/mol. The molecule has 1 atom stereocenters. The van der Waals surface area contributed by atoms with E-state index >= 15 is 0 Å². The molecule has 1 unspecified atom stereocenters. The highest BCUT2D eigenvalue weighted by molar-refractivity contribution is 5.94. The van der Waals surface area contributed by atoms with E-state index in [2.05, 4.69) is 15.3 Å². The molecule has 2 aliphatic heterocycles. The highest BCUT2D eigenvalue weighted by Gasteiger charge is 2.36. The van der Waals surface area contributed by atoms with Gasteiger partial charge in [0.1, 0.15) is 0 Å². The third-order valence-corrected chi connectivity index (χ3v) is 4.45. The highest BCUT2D eigenvalue weighted by Crippen LogP contribution is 2.24. The van der Waals surface area contributed by atoms with E-state index in [9.17, 15) is 9.59 Å². The van der Waals surface area contributed by atoms with Crippen LogP contribution >= 0.6 is 0 Å². The summed E-state index contributed by atoms with van der Waals surface area (Å²) in [4.78, 5) is 32.8. The molecule has 2 aromatic heterocycles. The van der Waals surface area contributed by atoms with Crippen LogP contribution in [-0.2, 0) is 16.2 Å². The summed E-state index contributed by atoms with van der Waals surface area (Å²) in [7, 11) is 0. The zero-order valence-electron chi connectivity index (χ0n) is 13.6. The van der Waals surface area contributed by atoms with Gasteiger partial charge < -0.3 is 4.90 Å². The van der Waals surface area contributed by atoms with Crippen molar-refractivity contribution in [1.82, 2.24) is 29.9 Å². The van der Waals surface area contributed by atoms with Gasteiger partial charge in [0.2, 0.25) is 0 Å². The van der Waals surface area contributed by atoms with E-state index in [1.54, 1.807) is 21.8 Å². The molecule has 2 amide bonds. The minimum absolute atomic E-state index is 0.171. The van der Waals surface area contributed by atoms with Gasteiger partial charge in [0.15, 0.2) is 6.04 Å². The van der Waals surface area contributed by atoms with Gasteiger partial charge in [0.25, 0.3) is 11.8 Å². The Hall–Kier alpha value is -2.81. The van der Waals surface area contributed by atoms with E-state index in [1.807, 2.05) is 6.07 Å². The lowest BCUT2D eigenvalue weighted by Crippen LogP contribution is -2.49. The predicted molar refractivity (Wildman–Crippen MR) is 84.9 cm³/mol. The van der Waals surface area contributed by atoms with Gasteiger partial charge in [-0.25, -0.2) is 5.06 Å². The Kier molecular flexibility index (Phi) is 4.14. The number of fused-ring (bicyclic) bond motifs is 1. The first-order chi connectivity index (χ1) is 12.2. The number of rotatable bonds is 2. The van der Waals surface area contributed by atoms with Crippen LogP contribution in [0.2, 0.25) is 0 Å². The Morgan fingerprint density at radius 1 is 1.16 bits per heavy atom. The fourth-order valence-corrected chi connectivity index (χ4v) is 3.17. The van der Waals surface area contributed by atoms with Crippen LogP contribution in [0.1, 0.15) is 34.9 Å². The third-order valence-electron chi connectivity index (χ3n) is 4.45. The van der Waals surface area contributed by atoms with E-state index in [-0.39, 0.29) is 18.4 Å². The topological polar surface area (TPSA) is 93.5 Å². The second-order valence-corrected chi connectivity index (χ2v) is 6.08. The summed E-state index contributed by atoms with van der Waals surface area (Å²) in [6.07, 6.45) is 6.41. The van der Waals surface area contributed by atoms with Gasteiger partial charge in [-0.05, 0) is 25.0 Å². The number of aromatic nitrogens is 4. The largest absolute Gasteiger partial charge is 0.330 e. The summed E-state index contributed by atoms with van der Waals surface area (Å²) in [5.74, 6) is -0.352. The van der Waals surface area contributed by atoms with Gasteiger partial charge in [0.05, 0.1) is 43.3 Å². The van der Waals surface area contributed by atoms with Crippen LogP contribution in [0.25, 0.3) is 0 Å². The Morgan fingerprint density at radius 3 is 2.84 bits per heavy atom. The van der Waals surface area contributed by atoms with Gasteiger partial charge >= 0.3 is 0 Å². The van der Waals surface area contributed by atoms with Crippen LogP contribution < -0.4 is 0 Å². The van der Waals surface area contributed by atoms with Crippen molar-refractivity contribution in [2.75, 3.05) is 19.7 Å². The van der Waals surface area contributed by atoms with Crippen LogP contribution in [0.5, 0.6) is 0 Å². The molecule has 9 heteroatoms. The molecule has 9 nitrogen and oxygen atoms in total. The number of hydrogen-bond donors (Lipinski definition) is 0. The molecular formula is C16H18N6O3. The fraction of sp³-hybridized carbons (Fsp3) is 0.438. The van der Waals surface area contributed by atoms with E-state index in [0.29, 0.717) is 25.3 Å². The molecule has 0 radical (unpaired) electrons. The molecule has 4 rings (SSSR count). The van der Waals surface area contributed by atoms with Gasteiger partial charge in [-0.2, -0.15) is 15.3 Å². The van der Waals surface area contributed by atoms with E-state index in [0.717, 1.165) is 18.5 Å². The number of hydrogen-bond acceptors (Lipinski definition) is 6. The fourth-order valence-electron chi connectivity index (χ4n) is 3.17. The van der Waals surface area contributed by atoms with Crippen molar-refractivity contribution in [3.63, 3.8) is 0 Å². The van der Waals surface area contributed by atoms with Gasteiger partial charge in [-0.1, -0.05) is 0 Å². The molecule has 0 saturated carbocycles. The summed E-state index contributed by atoms with van der Waals surface area (Å²) in [6.45, 7) is 1.74. The lowest BCUT2D eigenvalue weighted by molar-refractivity contribution is -0.201. The SMILES string of the molecule is O=C(c1ccnnc1)N1Cc2ccnn2C(C(=O)N2CCCCO2)C1. The monoisotopic (exact) mass is 342 g/mol. The number of carbonyl (C=O) groups is 2. The van der Waals surface area contributed by atoms with Crippen molar-refractivity contribution in [2.45, 2.75) is 25.4 Å². The number of hydroxylamine groups is 2. The molecule has 2 aliphatic rings. The first kappa shape index (κ1) is 15.7. The minimum Gasteiger partial charge on any atom is -0.330 e. The lowest BCUT2D eigenvalue weighted by atomic mass is 10.1. The zero-order valence-corrected chi connectivity index (χ0v) is 13.6. The summed E-state index contributed by atoms with van der Waals surface area (Å²) in [5.41, 5.74) is 1.26. The molecule has 1 fully saturated rings. The van der Waals surface area contributed by atoms with E-state index < -0.39 is 6.04 Å². The minimum atomic E-state index is -0.587. The molecule has 0 bridgehead atoms. The maximum absolute atomic E-state index is 12.9. The van der Waals surface area contributed by atoms with Crippen molar-refractivity contribution in [3.8, 4) is 0 Å². The summed E-state index contributed by atoms with van der Waals surface area (Å²) in [6, 6.07) is 2.85. The van der Waals surface area contributed by atoms with Gasteiger partial charge in [-0.15, -0.1) is 0 Å². The summed E-state index contributed by atoms with van der Waals surface area (Å²) in [5, 5.41) is 13.1. The van der Waals surface area contributed by atoms with Crippen molar-refractivity contribution < 1.29 is 14.4 Å². The Balaban J connectivity index is 1.59. The standard InChI is InChI=1S/C16H18N6O3/c23-15(12-3-5-17-18-9-12)20-10-13-4-6-19-22(13)14(11-20)16(24)21-7-1-2-8-25-21/h3-6,9,14H,1-2,7-8,10-11H2. The number of amides is 2. The first-order valence-corrected chi connectivity index (χ1v) is 8.26. The normalized spacial score (nSPS) is 20.2. The van der Waals surface area contributed by atoms with Gasteiger partial charge in [0, 0.05) is 12.7 Å². The first-order valence-electron chi connectivity index (χ1n) is 8.26. The lowest BCUT2D eigenvalue weighted by Gasteiger charge is -2.36. The summed E-state index contributed by atoms with van der Waals surface area (Å²) < 4.78 is 1.69. The Bertz CT molecular complexity index is 771. The molecular weight excluding hydrogens is 324 g/mol. The molecule has 0 N–H and O–H groups in total. The quantitative estimate of drug-likeness (QED) is 0.785. The molecule has 0 aliphatic carbocycles. The predicted octanol–water partition coefficient (Wildman–Crippen LogP) is 0.424. The van der Waals surface area contributed by atoms with Crippen molar-refractivity contribution in [3.05, 3.63) is 42.0 Å². The van der Waals surface area contributed by atoms with E-state index in [4.69, 9.17) is 4.84 Å². The van der Waals surface area contributed by atoms with Gasteiger partial charge in [-0.3, -0.25) is 19.1 Å². The zero-order chi connectivity index (χ0) is 17.2. The van der Waals surface area contributed by atoms with Crippen LogP contribution in [0.15, 0.2) is 30.7 Å².